The Morgan fingerprint density at radius 3 is 2.17 bits per heavy atom. The van der Waals surface area contributed by atoms with Crippen LogP contribution in [0.15, 0.2) is 54.6 Å². The number of rotatable bonds is 6. The summed E-state index contributed by atoms with van der Waals surface area (Å²) in [5.74, 6) is -0.916. The zero-order valence-corrected chi connectivity index (χ0v) is 17.1. The molecule has 7 nitrogen and oxygen atoms in total. The lowest BCUT2D eigenvalue weighted by atomic mass is 10.2. The number of anilines is 1. The zero-order valence-electron chi connectivity index (χ0n) is 17.1. The Morgan fingerprint density at radius 2 is 1.59 bits per heavy atom. The third-order valence-corrected chi connectivity index (χ3v) is 3.78. The minimum Gasteiger partial charge on any atom is -0.452 e. The van der Waals surface area contributed by atoms with Crippen molar-refractivity contribution in [1.82, 2.24) is 4.90 Å². The Labute approximate surface area is 170 Å². The molecule has 0 unspecified atom stereocenters. The molecule has 0 fully saturated rings. The third-order valence-electron chi connectivity index (χ3n) is 3.78. The molecule has 0 saturated heterocycles. The van der Waals surface area contributed by atoms with Crippen LogP contribution in [0.3, 0.4) is 0 Å². The van der Waals surface area contributed by atoms with Gasteiger partial charge in [-0.05, 0) is 50.6 Å². The summed E-state index contributed by atoms with van der Waals surface area (Å²) in [7, 11) is 1.65. The van der Waals surface area contributed by atoms with E-state index in [9.17, 15) is 14.4 Å². The molecular formula is C22H26N2O5. The highest BCUT2D eigenvalue weighted by Crippen LogP contribution is 2.13. The van der Waals surface area contributed by atoms with Crippen LogP contribution in [0.25, 0.3) is 0 Å². The van der Waals surface area contributed by atoms with Crippen molar-refractivity contribution >= 4 is 23.7 Å². The highest BCUT2D eigenvalue weighted by molar-refractivity contribution is 5.92. The Bertz CT molecular complexity index is 842. The summed E-state index contributed by atoms with van der Waals surface area (Å²) in [6, 6.07) is 15.7. The molecule has 0 atom stereocenters. The third kappa shape index (κ3) is 7.65. The van der Waals surface area contributed by atoms with E-state index in [0.717, 1.165) is 5.56 Å². The fraction of sp³-hybridized carbons (Fsp3) is 0.318. The minimum absolute atomic E-state index is 0.276. The molecule has 0 saturated carbocycles. The van der Waals surface area contributed by atoms with Crippen molar-refractivity contribution in [2.45, 2.75) is 32.9 Å². The molecule has 0 spiro atoms. The van der Waals surface area contributed by atoms with Gasteiger partial charge in [0.2, 0.25) is 0 Å². The van der Waals surface area contributed by atoms with E-state index in [4.69, 9.17) is 9.47 Å². The van der Waals surface area contributed by atoms with Crippen LogP contribution in [0.5, 0.6) is 0 Å². The standard InChI is InChI=1S/C22H26N2O5/c1-22(2,3)29-21(27)23-18-12-10-17(11-13-18)20(26)28-15-19(25)24(4)14-16-8-6-5-7-9-16/h5-13H,14-15H2,1-4H3,(H,23,27). The van der Waals surface area contributed by atoms with Crippen molar-refractivity contribution in [3.05, 3.63) is 65.7 Å². The molecule has 0 heterocycles. The van der Waals surface area contributed by atoms with E-state index in [1.54, 1.807) is 40.0 Å². The van der Waals surface area contributed by atoms with E-state index >= 15 is 0 Å². The highest BCUT2D eigenvalue weighted by Gasteiger charge is 2.17. The number of amides is 2. The van der Waals surface area contributed by atoms with Gasteiger partial charge in [-0.15, -0.1) is 0 Å². The van der Waals surface area contributed by atoms with Gasteiger partial charge in [0.05, 0.1) is 5.56 Å². The average molecular weight is 398 g/mol. The quantitative estimate of drug-likeness (QED) is 0.747. The maximum atomic E-state index is 12.2. The number of nitrogens with zero attached hydrogens (tertiary/aromatic N) is 1. The number of esters is 1. The number of carbonyl (C=O) groups excluding carboxylic acids is 3. The van der Waals surface area contributed by atoms with Crippen LogP contribution in [0.2, 0.25) is 0 Å². The first-order valence-corrected chi connectivity index (χ1v) is 9.19. The Morgan fingerprint density at radius 1 is 0.966 bits per heavy atom. The fourth-order valence-corrected chi connectivity index (χ4v) is 2.38. The summed E-state index contributed by atoms with van der Waals surface area (Å²) in [6.45, 7) is 5.39. The first-order chi connectivity index (χ1) is 13.6. The van der Waals surface area contributed by atoms with Gasteiger partial charge in [-0.3, -0.25) is 10.1 Å². The Hall–Kier alpha value is -3.35. The Balaban J connectivity index is 1.82. The van der Waals surface area contributed by atoms with Gasteiger partial charge in [-0.1, -0.05) is 30.3 Å². The summed E-state index contributed by atoms with van der Waals surface area (Å²) in [5, 5.41) is 2.58. The van der Waals surface area contributed by atoms with Crippen molar-refractivity contribution in [3.8, 4) is 0 Å². The maximum absolute atomic E-state index is 12.2. The Kier molecular flexibility index (Phi) is 7.36. The molecule has 7 heteroatoms. The highest BCUT2D eigenvalue weighted by atomic mass is 16.6. The molecule has 0 aliphatic heterocycles. The lowest BCUT2D eigenvalue weighted by Gasteiger charge is -2.19. The fourth-order valence-electron chi connectivity index (χ4n) is 2.38. The zero-order chi connectivity index (χ0) is 21.4. The van der Waals surface area contributed by atoms with Crippen molar-refractivity contribution < 1.29 is 23.9 Å². The first-order valence-electron chi connectivity index (χ1n) is 9.19. The number of hydrogen-bond acceptors (Lipinski definition) is 5. The van der Waals surface area contributed by atoms with E-state index in [1.165, 1.54) is 17.0 Å². The molecule has 2 aromatic carbocycles. The van der Waals surface area contributed by atoms with Gasteiger partial charge in [0.25, 0.3) is 5.91 Å². The largest absolute Gasteiger partial charge is 0.452 e. The van der Waals surface area contributed by atoms with Crippen molar-refractivity contribution in [3.63, 3.8) is 0 Å². The molecule has 0 radical (unpaired) electrons. The molecule has 0 aromatic heterocycles. The summed E-state index contributed by atoms with van der Waals surface area (Å²) >= 11 is 0. The number of likely N-dealkylation sites (N-methyl/N-ethyl adjacent to an activating group) is 1. The van der Waals surface area contributed by atoms with E-state index in [1.807, 2.05) is 30.3 Å². The van der Waals surface area contributed by atoms with Crippen LogP contribution < -0.4 is 5.32 Å². The van der Waals surface area contributed by atoms with E-state index in [0.29, 0.717) is 12.2 Å². The predicted octanol–water partition coefficient (Wildman–Crippen LogP) is 3.85. The van der Waals surface area contributed by atoms with Crippen LogP contribution >= 0.6 is 0 Å². The molecule has 0 bridgehead atoms. The van der Waals surface area contributed by atoms with Crippen LogP contribution in [-0.4, -0.2) is 42.1 Å². The molecular weight excluding hydrogens is 372 g/mol. The molecule has 154 valence electrons. The lowest BCUT2D eigenvalue weighted by Crippen LogP contribution is -2.30. The number of carbonyl (C=O) groups is 3. The topological polar surface area (TPSA) is 84.9 Å². The van der Waals surface area contributed by atoms with Gasteiger partial charge in [0.15, 0.2) is 6.61 Å². The molecule has 2 rings (SSSR count). The smallest absolute Gasteiger partial charge is 0.412 e. The molecule has 29 heavy (non-hydrogen) atoms. The molecule has 2 aromatic rings. The second-order valence-electron chi connectivity index (χ2n) is 7.52. The van der Waals surface area contributed by atoms with Gasteiger partial charge < -0.3 is 14.4 Å². The second kappa shape index (κ2) is 9.73. The summed E-state index contributed by atoms with van der Waals surface area (Å²) in [4.78, 5) is 37.6. The lowest BCUT2D eigenvalue weighted by molar-refractivity contribution is -0.133. The minimum atomic E-state index is -0.615. The molecule has 1 N–H and O–H groups in total. The summed E-state index contributed by atoms with van der Waals surface area (Å²) in [5.41, 5.74) is 1.14. The molecule has 0 aliphatic carbocycles. The van der Waals surface area contributed by atoms with E-state index in [2.05, 4.69) is 5.32 Å². The van der Waals surface area contributed by atoms with Gasteiger partial charge in [0.1, 0.15) is 5.60 Å². The summed E-state index contributed by atoms with van der Waals surface area (Å²) < 4.78 is 10.3. The van der Waals surface area contributed by atoms with E-state index in [-0.39, 0.29) is 18.1 Å². The van der Waals surface area contributed by atoms with Gasteiger partial charge in [-0.2, -0.15) is 0 Å². The van der Waals surface area contributed by atoms with Crippen LogP contribution in [0.1, 0.15) is 36.7 Å². The van der Waals surface area contributed by atoms with Gasteiger partial charge in [0, 0.05) is 19.3 Å². The predicted molar refractivity (Wildman–Crippen MR) is 109 cm³/mol. The van der Waals surface area contributed by atoms with Crippen LogP contribution in [0.4, 0.5) is 10.5 Å². The van der Waals surface area contributed by atoms with Crippen molar-refractivity contribution in [1.29, 1.82) is 0 Å². The van der Waals surface area contributed by atoms with E-state index < -0.39 is 17.7 Å². The average Bonchev–Trinajstić information content (AvgIpc) is 2.65. The van der Waals surface area contributed by atoms with Crippen molar-refractivity contribution in [2.75, 3.05) is 19.0 Å². The second-order valence-corrected chi connectivity index (χ2v) is 7.52. The molecule has 0 aliphatic rings. The number of nitrogens with one attached hydrogen (secondary N) is 1. The van der Waals surface area contributed by atoms with Crippen LogP contribution in [0, 0.1) is 0 Å². The monoisotopic (exact) mass is 398 g/mol. The van der Waals surface area contributed by atoms with Gasteiger partial charge in [-0.25, -0.2) is 9.59 Å². The summed E-state index contributed by atoms with van der Waals surface area (Å²) in [6.07, 6.45) is -0.583. The molecule has 2 amide bonds. The van der Waals surface area contributed by atoms with Gasteiger partial charge >= 0.3 is 12.1 Å². The maximum Gasteiger partial charge on any atom is 0.412 e. The SMILES string of the molecule is CN(Cc1ccccc1)C(=O)COC(=O)c1ccc(NC(=O)OC(C)(C)C)cc1. The normalized spacial score (nSPS) is 10.8. The number of benzene rings is 2. The number of ether oxygens (including phenoxy) is 2. The van der Waals surface area contributed by atoms with Crippen molar-refractivity contribution in [2.24, 2.45) is 0 Å². The number of hydrogen-bond donors (Lipinski definition) is 1. The first kappa shape index (κ1) is 21.9. The van der Waals surface area contributed by atoms with Crippen LogP contribution in [-0.2, 0) is 20.8 Å².